The molecule has 0 aromatic heterocycles. The van der Waals surface area contributed by atoms with Gasteiger partial charge in [-0.25, -0.2) is 0 Å². The van der Waals surface area contributed by atoms with Crippen molar-refractivity contribution in [2.45, 2.75) is 25.9 Å². The number of aliphatic hydroxyl groups is 2. The molecule has 0 aliphatic rings. The molecular weight excluding hydrogens is 202 g/mol. The molecule has 0 rings (SSSR count). The summed E-state index contributed by atoms with van der Waals surface area (Å²) in [5.74, 6) is -1.77. The Balaban J connectivity index is 3.74. The molecule has 0 heterocycles. The topological polar surface area (TPSA) is 107 Å². The molecule has 0 spiro atoms. The lowest BCUT2D eigenvalue weighted by Gasteiger charge is -2.13. The van der Waals surface area contributed by atoms with Gasteiger partial charge in [0.25, 0.3) is 0 Å². The van der Waals surface area contributed by atoms with Crippen LogP contribution in [0.4, 0.5) is 0 Å². The van der Waals surface area contributed by atoms with E-state index in [4.69, 9.17) is 10.2 Å². The smallest absolute Gasteiger partial charge is 0.305 e. The van der Waals surface area contributed by atoms with Crippen LogP contribution in [0.5, 0.6) is 0 Å². The Morgan fingerprint density at radius 3 is 2.47 bits per heavy atom. The standard InChI is InChI=1S/C9H17NO5/c1-6(5-11)4-7(12)9(15)10-3-2-8(13)14/h6-7,11-12H,2-5H2,1H3,(H,10,15)(H,13,14). The van der Waals surface area contributed by atoms with Crippen LogP contribution in [0.1, 0.15) is 19.8 Å². The van der Waals surface area contributed by atoms with Crippen LogP contribution in [-0.2, 0) is 9.59 Å². The number of amides is 1. The van der Waals surface area contributed by atoms with Crippen LogP contribution in [0.3, 0.4) is 0 Å². The number of rotatable bonds is 7. The van der Waals surface area contributed by atoms with Gasteiger partial charge in [-0.15, -0.1) is 0 Å². The maximum atomic E-state index is 11.1. The van der Waals surface area contributed by atoms with Crippen molar-refractivity contribution in [3.8, 4) is 0 Å². The highest BCUT2D eigenvalue weighted by Crippen LogP contribution is 2.04. The number of carbonyl (C=O) groups is 2. The monoisotopic (exact) mass is 219 g/mol. The molecule has 0 aliphatic heterocycles. The highest BCUT2D eigenvalue weighted by molar-refractivity contribution is 5.80. The molecule has 2 unspecified atom stereocenters. The minimum atomic E-state index is -1.19. The Hall–Kier alpha value is -1.14. The first-order valence-electron chi connectivity index (χ1n) is 4.75. The van der Waals surface area contributed by atoms with E-state index in [0.717, 1.165) is 0 Å². The molecule has 88 valence electrons. The predicted molar refractivity (Wildman–Crippen MR) is 52.1 cm³/mol. The van der Waals surface area contributed by atoms with E-state index >= 15 is 0 Å². The van der Waals surface area contributed by atoms with Crippen molar-refractivity contribution in [2.75, 3.05) is 13.2 Å². The van der Waals surface area contributed by atoms with Crippen LogP contribution in [0.2, 0.25) is 0 Å². The Morgan fingerprint density at radius 2 is 2.00 bits per heavy atom. The van der Waals surface area contributed by atoms with E-state index in [1.807, 2.05) is 0 Å². The van der Waals surface area contributed by atoms with Crippen LogP contribution >= 0.6 is 0 Å². The molecule has 4 N–H and O–H groups in total. The fraction of sp³-hybridized carbons (Fsp3) is 0.778. The molecule has 0 aromatic rings. The minimum Gasteiger partial charge on any atom is -0.481 e. The number of hydrogen-bond donors (Lipinski definition) is 4. The van der Waals surface area contributed by atoms with Gasteiger partial charge in [0, 0.05) is 13.2 Å². The Morgan fingerprint density at radius 1 is 1.40 bits per heavy atom. The first-order valence-corrected chi connectivity index (χ1v) is 4.75. The van der Waals surface area contributed by atoms with Crippen molar-refractivity contribution < 1.29 is 24.9 Å². The second kappa shape index (κ2) is 7.19. The van der Waals surface area contributed by atoms with Gasteiger partial charge in [0.1, 0.15) is 6.10 Å². The summed E-state index contributed by atoms with van der Waals surface area (Å²) in [7, 11) is 0. The molecule has 15 heavy (non-hydrogen) atoms. The van der Waals surface area contributed by atoms with Crippen molar-refractivity contribution in [1.29, 1.82) is 0 Å². The fourth-order valence-corrected chi connectivity index (χ4v) is 0.973. The van der Waals surface area contributed by atoms with Gasteiger partial charge in [-0.3, -0.25) is 9.59 Å². The number of aliphatic carboxylic acids is 1. The van der Waals surface area contributed by atoms with Crippen LogP contribution in [0, 0.1) is 5.92 Å². The summed E-state index contributed by atoms with van der Waals surface area (Å²) in [4.78, 5) is 21.3. The molecule has 1 amide bonds. The molecule has 6 heteroatoms. The van der Waals surface area contributed by atoms with Crippen LogP contribution in [0.15, 0.2) is 0 Å². The van der Waals surface area contributed by atoms with Gasteiger partial charge in [0.05, 0.1) is 6.42 Å². The third-order valence-corrected chi connectivity index (χ3v) is 1.88. The third kappa shape index (κ3) is 6.87. The van der Waals surface area contributed by atoms with Gasteiger partial charge in [-0.05, 0) is 12.3 Å². The molecule has 6 nitrogen and oxygen atoms in total. The quantitative estimate of drug-likeness (QED) is 0.437. The van der Waals surface area contributed by atoms with E-state index in [-0.39, 0.29) is 31.9 Å². The van der Waals surface area contributed by atoms with E-state index in [2.05, 4.69) is 5.32 Å². The van der Waals surface area contributed by atoms with Gasteiger partial charge in [0.2, 0.25) is 5.91 Å². The Kier molecular flexibility index (Phi) is 6.64. The van der Waals surface area contributed by atoms with Crippen LogP contribution in [-0.4, -0.2) is 46.5 Å². The molecule has 0 fully saturated rings. The highest BCUT2D eigenvalue weighted by atomic mass is 16.4. The van der Waals surface area contributed by atoms with E-state index in [0.29, 0.717) is 0 Å². The molecule has 0 saturated heterocycles. The largest absolute Gasteiger partial charge is 0.481 e. The normalized spacial score (nSPS) is 14.3. The summed E-state index contributed by atoms with van der Waals surface area (Å²) in [6.07, 6.45) is -1.20. The number of carboxylic acid groups (broad SMARTS) is 1. The number of hydrogen-bond acceptors (Lipinski definition) is 4. The van der Waals surface area contributed by atoms with Gasteiger partial charge in [-0.2, -0.15) is 0 Å². The summed E-state index contributed by atoms with van der Waals surface area (Å²) in [6.45, 7) is 1.60. The molecule has 2 atom stereocenters. The van der Waals surface area contributed by atoms with Crippen molar-refractivity contribution in [3.05, 3.63) is 0 Å². The van der Waals surface area contributed by atoms with Gasteiger partial charge >= 0.3 is 5.97 Å². The summed E-state index contributed by atoms with van der Waals surface area (Å²) >= 11 is 0. The lowest BCUT2D eigenvalue weighted by molar-refractivity contribution is -0.137. The summed E-state index contributed by atoms with van der Waals surface area (Å²) in [6, 6.07) is 0. The van der Waals surface area contributed by atoms with Crippen molar-refractivity contribution in [2.24, 2.45) is 5.92 Å². The summed E-state index contributed by atoms with van der Waals surface area (Å²) in [5, 5.41) is 28.6. The van der Waals surface area contributed by atoms with Crippen molar-refractivity contribution in [3.63, 3.8) is 0 Å². The van der Waals surface area contributed by atoms with E-state index in [1.165, 1.54) is 0 Å². The maximum absolute atomic E-state index is 11.1. The molecule has 0 bridgehead atoms. The Labute approximate surface area is 87.9 Å². The van der Waals surface area contributed by atoms with E-state index in [1.54, 1.807) is 6.92 Å². The van der Waals surface area contributed by atoms with Gasteiger partial charge in [0.15, 0.2) is 0 Å². The fourth-order valence-electron chi connectivity index (χ4n) is 0.973. The summed E-state index contributed by atoms with van der Waals surface area (Å²) < 4.78 is 0. The third-order valence-electron chi connectivity index (χ3n) is 1.88. The van der Waals surface area contributed by atoms with E-state index < -0.39 is 18.0 Å². The number of carbonyl (C=O) groups excluding carboxylic acids is 1. The highest BCUT2D eigenvalue weighted by Gasteiger charge is 2.17. The SMILES string of the molecule is CC(CO)CC(O)C(=O)NCCC(=O)O. The second-order valence-corrected chi connectivity index (χ2v) is 3.47. The average molecular weight is 219 g/mol. The van der Waals surface area contributed by atoms with Crippen molar-refractivity contribution in [1.82, 2.24) is 5.32 Å². The minimum absolute atomic E-state index is 0.00126. The second-order valence-electron chi connectivity index (χ2n) is 3.47. The summed E-state index contributed by atoms with van der Waals surface area (Å²) in [5.41, 5.74) is 0. The van der Waals surface area contributed by atoms with Gasteiger partial charge < -0.3 is 20.6 Å². The maximum Gasteiger partial charge on any atom is 0.305 e. The lowest BCUT2D eigenvalue weighted by atomic mass is 10.0. The first-order chi connectivity index (χ1) is 6.97. The molecule has 0 saturated carbocycles. The van der Waals surface area contributed by atoms with Crippen LogP contribution in [0.25, 0.3) is 0 Å². The van der Waals surface area contributed by atoms with E-state index in [9.17, 15) is 14.7 Å². The van der Waals surface area contributed by atoms with Gasteiger partial charge in [-0.1, -0.05) is 6.92 Å². The van der Waals surface area contributed by atoms with Crippen LogP contribution < -0.4 is 5.32 Å². The number of carboxylic acids is 1. The number of nitrogens with one attached hydrogen (secondary N) is 1. The molecule has 0 aromatic carbocycles. The lowest BCUT2D eigenvalue weighted by Crippen LogP contribution is -2.37. The zero-order valence-electron chi connectivity index (χ0n) is 8.64. The Bertz CT molecular complexity index is 219. The van der Waals surface area contributed by atoms with Crippen molar-refractivity contribution >= 4 is 11.9 Å². The molecule has 0 aliphatic carbocycles. The number of aliphatic hydroxyl groups excluding tert-OH is 2. The molecular formula is C9H17NO5. The molecule has 0 radical (unpaired) electrons. The first kappa shape index (κ1) is 13.9. The zero-order chi connectivity index (χ0) is 11.8. The predicted octanol–water partition coefficient (Wildman–Crippen LogP) is -1.04. The average Bonchev–Trinajstić information content (AvgIpc) is 2.16. The zero-order valence-corrected chi connectivity index (χ0v) is 8.64.